The number of ether oxygens (including phenoxy) is 1. The van der Waals surface area contributed by atoms with Gasteiger partial charge >= 0.3 is 0 Å². The van der Waals surface area contributed by atoms with Gasteiger partial charge < -0.3 is 15.0 Å². The third kappa shape index (κ3) is 8.29. The van der Waals surface area contributed by atoms with E-state index < -0.39 is 34.3 Å². The third-order valence-corrected chi connectivity index (χ3v) is 8.39. The van der Waals surface area contributed by atoms with Gasteiger partial charge in [0.05, 0.1) is 19.1 Å². The van der Waals surface area contributed by atoms with Crippen LogP contribution in [0.3, 0.4) is 0 Å². The highest BCUT2D eigenvalue weighted by molar-refractivity contribution is 7.92. The average molecular weight is 582 g/mol. The van der Waals surface area contributed by atoms with Gasteiger partial charge in [-0.1, -0.05) is 55.3 Å². The lowest BCUT2D eigenvalue weighted by Crippen LogP contribution is -2.54. The van der Waals surface area contributed by atoms with E-state index in [0.29, 0.717) is 5.75 Å². The summed E-state index contributed by atoms with van der Waals surface area (Å²) in [5, 5.41) is 3.13. The largest absolute Gasteiger partial charge is 0.497 e. The maximum absolute atomic E-state index is 14.1. The van der Waals surface area contributed by atoms with Gasteiger partial charge in [-0.3, -0.25) is 13.9 Å². The maximum Gasteiger partial charge on any atom is 0.244 e. The van der Waals surface area contributed by atoms with Gasteiger partial charge in [-0.05, 0) is 60.4 Å². The average Bonchev–Trinajstić information content (AvgIpc) is 3.47. The molecule has 0 radical (unpaired) electrons. The summed E-state index contributed by atoms with van der Waals surface area (Å²) in [7, 11) is -2.38. The van der Waals surface area contributed by atoms with E-state index in [1.165, 1.54) is 17.0 Å². The normalized spacial score (nSPS) is 14.3. The van der Waals surface area contributed by atoms with Crippen molar-refractivity contribution >= 4 is 27.5 Å². The summed E-state index contributed by atoms with van der Waals surface area (Å²) in [6.07, 6.45) is 5.04. The summed E-state index contributed by atoms with van der Waals surface area (Å²) in [6, 6.07) is 20.6. The summed E-state index contributed by atoms with van der Waals surface area (Å²) in [4.78, 5) is 29.4. The number of hydrogen-bond donors (Lipinski definition) is 1. The standard InChI is InChI=1S/C31H36FN3O5S/c1-40-28-14-8-11-24(19-28)21-34(30(36)22-35(41(2,38)39)27-17-15-25(32)16-18-27)29(20-23-9-4-3-5-10-23)31(37)33-26-12-6-7-13-26/h3-5,8-11,14-19,26,29H,6-7,12-13,20-22H2,1-2H3,(H,33,37)/t29-/m0/s1. The molecule has 41 heavy (non-hydrogen) atoms. The van der Waals surface area contributed by atoms with Gasteiger partial charge in [-0.2, -0.15) is 0 Å². The van der Waals surface area contributed by atoms with Crippen molar-refractivity contribution in [3.05, 3.63) is 95.8 Å². The molecule has 1 fully saturated rings. The minimum Gasteiger partial charge on any atom is -0.497 e. The predicted molar refractivity (Wildman–Crippen MR) is 156 cm³/mol. The molecule has 1 N–H and O–H groups in total. The minimum absolute atomic E-state index is 0.0290. The van der Waals surface area contributed by atoms with Crippen LogP contribution in [-0.2, 0) is 32.6 Å². The van der Waals surface area contributed by atoms with E-state index in [2.05, 4.69) is 5.32 Å². The lowest BCUT2D eigenvalue weighted by atomic mass is 10.0. The first-order valence-electron chi connectivity index (χ1n) is 13.6. The number of sulfonamides is 1. The molecule has 2 amide bonds. The zero-order valence-electron chi connectivity index (χ0n) is 23.3. The first kappa shape index (κ1) is 30.0. The number of nitrogens with zero attached hydrogens (tertiary/aromatic N) is 2. The Morgan fingerprint density at radius 3 is 2.27 bits per heavy atom. The Kier molecular flexibility index (Phi) is 9.99. The first-order chi connectivity index (χ1) is 19.6. The summed E-state index contributed by atoms with van der Waals surface area (Å²) in [5.41, 5.74) is 1.73. The van der Waals surface area contributed by atoms with Gasteiger partial charge in [0.15, 0.2) is 0 Å². The molecule has 10 heteroatoms. The van der Waals surface area contributed by atoms with Crippen LogP contribution in [0.2, 0.25) is 0 Å². The number of halogens is 1. The molecule has 4 rings (SSSR count). The van der Waals surface area contributed by atoms with E-state index in [1.807, 2.05) is 36.4 Å². The number of amides is 2. The number of hydrogen-bond acceptors (Lipinski definition) is 5. The van der Waals surface area contributed by atoms with Gasteiger partial charge in [0, 0.05) is 19.0 Å². The monoisotopic (exact) mass is 581 g/mol. The van der Waals surface area contributed by atoms with Crippen molar-refractivity contribution in [2.75, 3.05) is 24.2 Å². The highest BCUT2D eigenvalue weighted by atomic mass is 32.2. The zero-order valence-corrected chi connectivity index (χ0v) is 24.1. The number of rotatable bonds is 12. The molecule has 1 aliphatic rings. The molecule has 3 aromatic rings. The number of carbonyl (C=O) groups excluding carboxylic acids is 2. The van der Waals surface area contributed by atoms with Crippen LogP contribution in [0.4, 0.5) is 10.1 Å². The van der Waals surface area contributed by atoms with Crippen molar-refractivity contribution in [1.82, 2.24) is 10.2 Å². The fourth-order valence-corrected chi connectivity index (χ4v) is 5.96. The molecule has 0 spiro atoms. The minimum atomic E-state index is -3.92. The maximum atomic E-state index is 14.1. The number of methoxy groups -OCH3 is 1. The molecule has 0 unspecified atom stereocenters. The Labute approximate surface area is 241 Å². The summed E-state index contributed by atoms with van der Waals surface area (Å²) in [6.45, 7) is -0.511. The Balaban J connectivity index is 1.73. The van der Waals surface area contributed by atoms with Gasteiger partial charge in [-0.15, -0.1) is 0 Å². The van der Waals surface area contributed by atoms with Crippen molar-refractivity contribution in [3.8, 4) is 5.75 Å². The molecule has 0 heterocycles. The van der Waals surface area contributed by atoms with Crippen LogP contribution in [-0.4, -0.2) is 57.1 Å². The second kappa shape index (κ2) is 13.6. The molecule has 0 aliphatic heterocycles. The molecular weight excluding hydrogens is 545 g/mol. The SMILES string of the molecule is COc1cccc(CN(C(=O)CN(c2ccc(F)cc2)S(C)(=O)=O)[C@@H](Cc2ccccc2)C(=O)NC2CCCC2)c1. The topological polar surface area (TPSA) is 96.0 Å². The predicted octanol–water partition coefficient (Wildman–Crippen LogP) is 4.30. The number of nitrogens with one attached hydrogen (secondary N) is 1. The van der Waals surface area contributed by atoms with E-state index in [9.17, 15) is 22.4 Å². The fourth-order valence-electron chi connectivity index (χ4n) is 5.11. The number of benzene rings is 3. The molecule has 1 atom stereocenters. The van der Waals surface area contributed by atoms with Crippen molar-refractivity contribution in [2.24, 2.45) is 0 Å². The summed E-state index contributed by atoms with van der Waals surface area (Å²) < 4.78 is 45.5. The molecule has 0 bridgehead atoms. The second-order valence-corrected chi connectivity index (χ2v) is 12.2. The highest BCUT2D eigenvalue weighted by Gasteiger charge is 2.34. The van der Waals surface area contributed by atoms with E-state index in [0.717, 1.165) is 59.5 Å². The van der Waals surface area contributed by atoms with Crippen LogP contribution in [0.1, 0.15) is 36.8 Å². The molecule has 1 saturated carbocycles. The smallest absolute Gasteiger partial charge is 0.244 e. The van der Waals surface area contributed by atoms with Crippen LogP contribution in [0.5, 0.6) is 5.75 Å². The van der Waals surface area contributed by atoms with E-state index in [1.54, 1.807) is 25.3 Å². The molecule has 1 aliphatic carbocycles. The van der Waals surface area contributed by atoms with E-state index >= 15 is 0 Å². The lowest BCUT2D eigenvalue weighted by molar-refractivity contribution is -0.140. The van der Waals surface area contributed by atoms with E-state index in [-0.39, 0.29) is 30.6 Å². The molecule has 218 valence electrons. The van der Waals surface area contributed by atoms with Crippen molar-refractivity contribution in [2.45, 2.75) is 50.7 Å². The van der Waals surface area contributed by atoms with Crippen LogP contribution < -0.4 is 14.4 Å². The quantitative estimate of drug-likeness (QED) is 0.344. The first-order valence-corrected chi connectivity index (χ1v) is 15.5. The molecular formula is C31H36FN3O5S. The highest BCUT2D eigenvalue weighted by Crippen LogP contribution is 2.23. The van der Waals surface area contributed by atoms with Crippen molar-refractivity contribution in [1.29, 1.82) is 0 Å². The summed E-state index contributed by atoms with van der Waals surface area (Å²) >= 11 is 0. The fraction of sp³-hybridized carbons (Fsp3) is 0.355. The number of carbonyl (C=O) groups is 2. The van der Waals surface area contributed by atoms with Crippen LogP contribution in [0.15, 0.2) is 78.9 Å². The van der Waals surface area contributed by atoms with Crippen molar-refractivity contribution < 1.29 is 27.1 Å². The Hall–Kier alpha value is -3.92. The molecule has 3 aromatic carbocycles. The second-order valence-electron chi connectivity index (χ2n) is 10.3. The molecule has 8 nitrogen and oxygen atoms in total. The molecule has 0 saturated heterocycles. The van der Waals surface area contributed by atoms with Crippen LogP contribution >= 0.6 is 0 Å². The van der Waals surface area contributed by atoms with Crippen LogP contribution in [0.25, 0.3) is 0 Å². The van der Waals surface area contributed by atoms with Crippen molar-refractivity contribution in [3.63, 3.8) is 0 Å². The Morgan fingerprint density at radius 2 is 1.63 bits per heavy atom. The summed E-state index contributed by atoms with van der Waals surface area (Å²) in [5.74, 6) is -0.788. The Morgan fingerprint density at radius 1 is 0.976 bits per heavy atom. The van der Waals surface area contributed by atoms with E-state index in [4.69, 9.17) is 4.74 Å². The van der Waals surface area contributed by atoms with Gasteiger partial charge in [-0.25, -0.2) is 12.8 Å². The third-order valence-electron chi connectivity index (χ3n) is 7.25. The lowest BCUT2D eigenvalue weighted by Gasteiger charge is -2.34. The van der Waals surface area contributed by atoms with Gasteiger partial charge in [0.2, 0.25) is 21.8 Å². The zero-order chi connectivity index (χ0) is 29.4. The Bertz CT molecular complexity index is 1430. The van der Waals surface area contributed by atoms with Gasteiger partial charge in [0.25, 0.3) is 0 Å². The van der Waals surface area contributed by atoms with Gasteiger partial charge in [0.1, 0.15) is 24.2 Å². The molecule has 0 aromatic heterocycles. The number of anilines is 1. The van der Waals surface area contributed by atoms with Crippen LogP contribution in [0, 0.1) is 5.82 Å².